The maximum absolute atomic E-state index is 13.1. The van der Waals surface area contributed by atoms with Gasteiger partial charge in [-0.3, -0.25) is 4.90 Å². The zero-order valence-corrected chi connectivity index (χ0v) is 18.7. The van der Waals surface area contributed by atoms with Crippen molar-refractivity contribution in [3.8, 4) is 0 Å². The number of thiophene rings is 1. The zero-order valence-electron chi connectivity index (χ0n) is 17.0. The van der Waals surface area contributed by atoms with Crippen molar-refractivity contribution in [2.75, 3.05) is 19.6 Å². The van der Waals surface area contributed by atoms with Crippen LogP contribution < -0.4 is 0 Å². The highest BCUT2D eigenvalue weighted by molar-refractivity contribution is 7.89. The second-order valence-electron chi connectivity index (χ2n) is 9.00. The van der Waals surface area contributed by atoms with E-state index in [-0.39, 0.29) is 5.41 Å². The van der Waals surface area contributed by atoms with Crippen LogP contribution in [-0.4, -0.2) is 43.3 Å². The van der Waals surface area contributed by atoms with Crippen LogP contribution >= 0.6 is 11.3 Å². The highest BCUT2D eigenvalue weighted by Crippen LogP contribution is 2.30. The van der Waals surface area contributed by atoms with Gasteiger partial charge in [0.15, 0.2) is 0 Å². The maximum Gasteiger partial charge on any atom is 0.243 e. The molecule has 2 aromatic rings. The quantitative estimate of drug-likeness (QED) is 0.748. The molecule has 3 heterocycles. The van der Waals surface area contributed by atoms with Gasteiger partial charge in [0.2, 0.25) is 10.0 Å². The van der Waals surface area contributed by atoms with Crippen LogP contribution in [0.5, 0.6) is 0 Å². The van der Waals surface area contributed by atoms with E-state index in [2.05, 4.69) is 37.1 Å². The predicted molar refractivity (Wildman–Crippen MR) is 115 cm³/mol. The largest absolute Gasteiger partial charge is 0.296 e. The van der Waals surface area contributed by atoms with Crippen LogP contribution in [0.2, 0.25) is 0 Å². The lowest BCUT2D eigenvalue weighted by atomic mass is 9.87. The fraction of sp³-hybridized carbons (Fsp3) is 0.545. The zero-order chi connectivity index (χ0) is 19.9. The molecule has 4 rings (SSSR count). The number of rotatable bonds is 3. The molecule has 1 aromatic carbocycles. The van der Waals surface area contributed by atoms with Crippen molar-refractivity contribution in [1.29, 1.82) is 0 Å². The van der Waals surface area contributed by atoms with Crippen molar-refractivity contribution >= 4 is 21.4 Å². The molecule has 6 heteroatoms. The Labute approximate surface area is 173 Å². The Morgan fingerprint density at radius 2 is 1.68 bits per heavy atom. The minimum absolute atomic E-state index is 0.0252. The van der Waals surface area contributed by atoms with E-state index in [4.69, 9.17) is 0 Å². The average molecular weight is 419 g/mol. The van der Waals surface area contributed by atoms with E-state index in [1.807, 2.05) is 23.5 Å². The predicted octanol–water partition coefficient (Wildman–Crippen LogP) is 4.26. The molecule has 4 nitrogen and oxygen atoms in total. The summed E-state index contributed by atoms with van der Waals surface area (Å²) in [4.78, 5) is 4.49. The van der Waals surface area contributed by atoms with Gasteiger partial charge in [0.1, 0.15) is 0 Å². The van der Waals surface area contributed by atoms with Gasteiger partial charge in [-0.2, -0.15) is 4.31 Å². The molecule has 152 valence electrons. The number of hydrogen-bond donors (Lipinski definition) is 0. The molecule has 2 aliphatic rings. The molecular formula is C22H30N2O2S2. The van der Waals surface area contributed by atoms with Gasteiger partial charge in [-0.25, -0.2) is 8.42 Å². The smallest absolute Gasteiger partial charge is 0.243 e. The summed E-state index contributed by atoms with van der Waals surface area (Å²) in [6, 6.07) is 10.2. The third-order valence-corrected chi connectivity index (χ3v) is 9.07. The molecule has 0 amide bonds. The molecule has 0 radical (unpaired) electrons. The molecule has 0 atom stereocenters. The summed E-state index contributed by atoms with van der Waals surface area (Å²) in [6.45, 7) is 9.76. The Hall–Kier alpha value is -1.21. The molecule has 0 saturated carbocycles. The minimum atomic E-state index is -3.40. The summed E-state index contributed by atoms with van der Waals surface area (Å²) in [6.07, 6.45) is 2.96. The number of sulfonamides is 1. The molecule has 0 spiro atoms. The first-order valence-corrected chi connectivity index (χ1v) is 12.5. The molecule has 0 unspecified atom stereocenters. The lowest BCUT2D eigenvalue weighted by Crippen LogP contribution is -2.47. The second kappa shape index (κ2) is 7.56. The first-order valence-electron chi connectivity index (χ1n) is 10.1. The maximum atomic E-state index is 13.1. The number of hydrogen-bond acceptors (Lipinski definition) is 4. The molecular weight excluding hydrogens is 388 g/mol. The first-order chi connectivity index (χ1) is 13.2. The Kier molecular flexibility index (Phi) is 5.42. The van der Waals surface area contributed by atoms with E-state index in [9.17, 15) is 8.42 Å². The summed E-state index contributed by atoms with van der Waals surface area (Å²) in [5.41, 5.74) is 2.64. The molecule has 2 aliphatic heterocycles. The summed E-state index contributed by atoms with van der Waals surface area (Å²) < 4.78 is 27.8. The number of nitrogens with zero attached hydrogens (tertiary/aromatic N) is 2. The SMILES string of the molecule is CC(C)(C)c1ccc(S(=O)(=O)N2CCC(N3CCc4sccc4C3)CC2)cc1. The third kappa shape index (κ3) is 3.92. The van der Waals surface area contributed by atoms with Gasteiger partial charge in [0.25, 0.3) is 0 Å². The van der Waals surface area contributed by atoms with Gasteiger partial charge in [-0.1, -0.05) is 32.9 Å². The highest BCUT2D eigenvalue weighted by atomic mass is 32.2. The van der Waals surface area contributed by atoms with Crippen LogP contribution in [0.3, 0.4) is 0 Å². The fourth-order valence-corrected chi connectivity index (χ4v) is 6.66. The van der Waals surface area contributed by atoms with E-state index in [0.29, 0.717) is 24.0 Å². The molecule has 0 bridgehead atoms. The van der Waals surface area contributed by atoms with E-state index < -0.39 is 10.0 Å². The van der Waals surface area contributed by atoms with Crippen molar-refractivity contribution in [3.63, 3.8) is 0 Å². The fourth-order valence-electron chi connectivity index (χ4n) is 4.31. The Morgan fingerprint density at radius 3 is 2.32 bits per heavy atom. The Morgan fingerprint density at radius 1 is 1.00 bits per heavy atom. The van der Waals surface area contributed by atoms with E-state index in [1.54, 1.807) is 16.4 Å². The van der Waals surface area contributed by atoms with Gasteiger partial charge >= 0.3 is 0 Å². The number of piperidine rings is 1. The van der Waals surface area contributed by atoms with Crippen molar-refractivity contribution in [2.45, 2.75) is 62.9 Å². The lowest BCUT2D eigenvalue weighted by Gasteiger charge is -2.39. The topological polar surface area (TPSA) is 40.6 Å². The van der Waals surface area contributed by atoms with Crippen LogP contribution in [0, 0.1) is 0 Å². The molecule has 1 aromatic heterocycles. The first kappa shape index (κ1) is 20.1. The van der Waals surface area contributed by atoms with E-state index in [1.165, 1.54) is 10.4 Å². The molecule has 0 aliphatic carbocycles. The normalized spacial score (nSPS) is 20.2. The van der Waals surface area contributed by atoms with Crippen molar-refractivity contribution < 1.29 is 8.42 Å². The second-order valence-corrected chi connectivity index (χ2v) is 11.9. The molecule has 1 fully saturated rings. The summed E-state index contributed by atoms with van der Waals surface area (Å²) >= 11 is 1.86. The molecule has 28 heavy (non-hydrogen) atoms. The van der Waals surface area contributed by atoms with Gasteiger partial charge in [-0.05, 0) is 59.4 Å². The minimum Gasteiger partial charge on any atom is -0.296 e. The Balaban J connectivity index is 1.40. The van der Waals surface area contributed by atoms with Crippen molar-refractivity contribution in [3.05, 3.63) is 51.7 Å². The van der Waals surface area contributed by atoms with Gasteiger partial charge in [-0.15, -0.1) is 11.3 Å². The number of fused-ring (bicyclic) bond motifs is 1. The van der Waals surface area contributed by atoms with Crippen LogP contribution in [0.25, 0.3) is 0 Å². The van der Waals surface area contributed by atoms with Crippen LogP contribution in [0.15, 0.2) is 40.6 Å². The highest BCUT2D eigenvalue weighted by Gasteiger charge is 2.33. The van der Waals surface area contributed by atoms with Crippen LogP contribution in [0.4, 0.5) is 0 Å². The van der Waals surface area contributed by atoms with E-state index in [0.717, 1.165) is 37.9 Å². The standard InChI is InChI=1S/C22H30N2O2S2/c1-22(2,3)18-4-6-20(7-5-18)28(25,26)24-13-8-19(9-14-24)23-12-10-21-17(16-23)11-15-27-21/h4-7,11,15,19H,8-10,12-14,16H2,1-3H3. The van der Waals surface area contributed by atoms with Gasteiger partial charge in [0, 0.05) is 37.1 Å². The monoisotopic (exact) mass is 418 g/mol. The molecule has 1 saturated heterocycles. The Bertz CT molecular complexity index is 918. The van der Waals surface area contributed by atoms with Gasteiger partial charge in [0.05, 0.1) is 4.90 Å². The lowest BCUT2D eigenvalue weighted by molar-refractivity contribution is 0.127. The van der Waals surface area contributed by atoms with Crippen molar-refractivity contribution in [2.24, 2.45) is 0 Å². The van der Waals surface area contributed by atoms with E-state index >= 15 is 0 Å². The third-order valence-electron chi connectivity index (χ3n) is 6.14. The number of benzene rings is 1. The van der Waals surface area contributed by atoms with Gasteiger partial charge < -0.3 is 0 Å². The van der Waals surface area contributed by atoms with Crippen molar-refractivity contribution in [1.82, 2.24) is 9.21 Å². The van der Waals surface area contributed by atoms with Crippen LogP contribution in [0.1, 0.15) is 49.6 Å². The summed E-state index contributed by atoms with van der Waals surface area (Å²) in [7, 11) is -3.40. The summed E-state index contributed by atoms with van der Waals surface area (Å²) in [5.74, 6) is 0. The van der Waals surface area contributed by atoms with Crippen LogP contribution in [-0.2, 0) is 28.4 Å². The summed E-state index contributed by atoms with van der Waals surface area (Å²) in [5, 5.41) is 2.19. The average Bonchev–Trinajstić information content (AvgIpc) is 3.15. The molecule has 0 N–H and O–H groups in total.